The molecule has 0 aromatic heterocycles. The van der Waals surface area contributed by atoms with Gasteiger partial charge in [-0.15, -0.1) is 0 Å². The minimum atomic E-state index is -0.309. The molecule has 13 heavy (non-hydrogen) atoms. The van der Waals surface area contributed by atoms with Gasteiger partial charge < -0.3 is 10.0 Å². The molecule has 2 N–H and O–H groups in total. The Bertz CT molecular complexity index is 233. The largest absolute Gasteiger partial charge is 0.388 e. The maximum absolute atomic E-state index is 9.76. The van der Waals surface area contributed by atoms with Crippen LogP contribution < -0.4 is 4.90 Å². The van der Waals surface area contributed by atoms with E-state index in [4.69, 9.17) is 0 Å². The zero-order valence-corrected chi connectivity index (χ0v) is 8.33. The lowest BCUT2D eigenvalue weighted by atomic mass is 10.1. The lowest BCUT2D eigenvalue weighted by Gasteiger charge is -2.12. The van der Waals surface area contributed by atoms with E-state index in [1.807, 2.05) is 30.3 Å². The molecule has 0 saturated heterocycles. The zero-order chi connectivity index (χ0) is 9.68. The Kier molecular flexibility index (Phi) is 3.93. The molecule has 2 heteroatoms. The van der Waals surface area contributed by atoms with Crippen LogP contribution in [0.5, 0.6) is 0 Å². The van der Waals surface area contributed by atoms with Gasteiger partial charge in [-0.3, -0.25) is 0 Å². The van der Waals surface area contributed by atoms with Crippen molar-refractivity contribution in [3.05, 3.63) is 35.9 Å². The molecular weight excluding hydrogens is 162 g/mol. The SMILES string of the molecule is C[NH+](C)CC[C@@H](O)c1ccccc1. The summed E-state index contributed by atoms with van der Waals surface area (Å²) in [4.78, 5) is 1.37. The Morgan fingerprint density at radius 1 is 1.23 bits per heavy atom. The molecule has 1 atom stereocenters. The highest BCUT2D eigenvalue weighted by atomic mass is 16.3. The third-order valence-corrected chi connectivity index (χ3v) is 2.10. The summed E-state index contributed by atoms with van der Waals surface area (Å²) in [6.07, 6.45) is 0.517. The summed E-state index contributed by atoms with van der Waals surface area (Å²) >= 11 is 0. The highest BCUT2D eigenvalue weighted by Gasteiger charge is 2.07. The molecule has 72 valence electrons. The third kappa shape index (κ3) is 3.57. The molecule has 0 aliphatic heterocycles. The second-order valence-electron chi connectivity index (χ2n) is 3.67. The second-order valence-corrected chi connectivity index (χ2v) is 3.67. The molecule has 2 nitrogen and oxygen atoms in total. The first-order valence-corrected chi connectivity index (χ1v) is 4.72. The maximum Gasteiger partial charge on any atom is 0.0843 e. The van der Waals surface area contributed by atoms with E-state index in [1.165, 1.54) is 4.90 Å². The molecule has 1 aromatic carbocycles. The van der Waals surface area contributed by atoms with Crippen LogP contribution in [-0.2, 0) is 0 Å². The molecule has 1 aromatic rings. The van der Waals surface area contributed by atoms with E-state index in [1.54, 1.807) is 0 Å². The van der Waals surface area contributed by atoms with Crippen molar-refractivity contribution >= 4 is 0 Å². The molecule has 0 heterocycles. The van der Waals surface area contributed by atoms with E-state index in [2.05, 4.69) is 14.1 Å². The van der Waals surface area contributed by atoms with E-state index in [-0.39, 0.29) is 6.10 Å². The van der Waals surface area contributed by atoms with Crippen LogP contribution in [0.1, 0.15) is 18.1 Å². The van der Waals surface area contributed by atoms with Crippen LogP contribution in [0.3, 0.4) is 0 Å². The van der Waals surface area contributed by atoms with Gasteiger partial charge in [-0.1, -0.05) is 30.3 Å². The Morgan fingerprint density at radius 3 is 2.38 bits per heavy atom. The van der Waals surface area contributed by atoms with Crippen LogP contribution >= 0.6 is 0 Å². The van der Waals surface area contributed by atoms with Gasteiger partial charge in [-0.05, 0) is 5.56 Å². The van der Waals surface area contributed by atoms with E-state index in [9.17, 15) is 5.11 Å². The van der Waals surface area contributed by atoms with Crippen molar-refractivity contribution in [2.75, 3.05) is 20.6 Å². The molecule has 0 aliphatic carbocycles. The first kappa shape index (κ1) is 10.2. The highest BCUT2D eigenvalue weighted by Crippen LogP contribution is 2.14. The van der Waals surface area contributed by atoms with Gasteiger partial charge in [-0.25, -0.2) is 0 Å². The van der Waals surface area contributed by atoms with Crippen LogP contribution in [0.2, 0.25) is 0 Å². The van der Waals surface area contributed by atoms with Gasteiger partial charge >= 0.3 is 0 Å². The van der Waals surface area contributed by atoms with E-state index >= 15 is 0 Å². The predicted octanol–water partition coefficient (Wildman–Crippen LogP) is 0.255. The average molecular weight is 180 g/mol. The minimum absolute atomic E-state index is 0.309. The van der Waals surface area contributed by atoms with Crippen LogP contribution in [0.25, 0.3) is 0 Å². The summed E-state index contributed by atoms with van der Waals surface area (Å²) in [6.45, 7) is 0.996. The first-order valence-electron chi connectivity index (χ1n) is 4.72. The lowest BCUT2D eigenvalue weighted by Crippen LogP contribution is -3.05. The summed E-state index contributed by atoms with van der Waals surface area (Å²) in [7, 11) is 4.19. The summed E-state index contributed by atoms with van der Waals surface area (Å²) in [5.74, 6) is 0. The summed E-state index contributed by atoms with van der Waals surface area (Å²) in [6, 6.07) is 9.82. The lowest BCUT2D eigenvalue weighted by molar-refractivity contribution is -0.858. The second kappa shape index (κ2) is 5.00. The third-order valence-electron chi connectivity index (χ3n) is 2.10. The molecule has 0 fully saturated rings. The molecule has 0 aliphatic rings. The number of hydrogen-bond acceptors (Lipinski definition) is 1. The molecular formula is C11H18NO+. The quantitative estimate of drug-likeness (QED) is 0.682. The van der Waals surface area contributed by atoms with Gasteiger partial charge in [0.2, 0.25) is 0 Å². The standard InChI is InChI=1S/C11H17NO/c1-12(2)9-8-11(13)10-6-4-3-5-7-10/h3-7,11,13H,8-9H2,1-2H3/p+1/t11-/m1/s1. The molecule has 0 saturated carbocycles. The van der Waals surface area contributed by atoms with Gasteiger partial charge in [0.05, 0.1) is 26.7 Å². The van der Waals surface area contributed by atoms with E-state index in [0.29, 0.717) is 0 Å². The van der Waals surface area contributed by atoms with Crippen LogP contribution in [-0.4, -0.2) is 25.7 Å². The summed E-state index contributed by atoms with van der Waals surface area (Å²) in [5.41, 5.74) is 1.02. The average Bonchev–Trinajstić information content (AvgIpc) is 2.15. The smallest absolute Gasteiger partial charge is 0.0843 e. The molecule has 1 rings (SSSR count). The van der Waals surface area contributed by atoms with Crippen LogP contribution in [0.4, 0.5) is 0 Å². The topological polar surface area (TPSA) is 24.7 Å². The van der Waals surface area contributed by atoms with Gasteiger partial charge in [0.1, 0.15) is 0 Å². The molecule has 0 spiro atoms. The highest BCUT2D eigenvalue weighted by molar-refractivity contribution is 5.16. The van der Waals surface area contributed by atoms with E-state index in [0.717, 1.165) is 18.5 Å². The Labute approximate surface area is 79.8 Å². The monoisotopic (exact) mass is 180 g/mol. The predicted molar refractivity (Wildman–Crippen MR) is 53.7 cm³/mol. The molecule has 0 bridgehead atoms. The number of quaternary nitrogens is 1. The number of aliphatic hydroxyl groups excluding tert-OH is 1. The van der Waals surface area contributed by atoms with Crippen molar-refractivity contribution in [2.24, 2.45) is 0 Å². The fourth-order valence-electron chi connectivity index (χ4n) is 1.27. The van der Waals surface area contributed by atoms with Gasteiger partial charge in [0, 0.05) is 6.42 Å². The number of benzene rings is 1. The molecule has 0 radical (unpaired) electrons. The fraction of sp³-hybridized carbons (Fsp3) is 0.455. The Morgan fingerprint density at radius 2 is 1.85 bits per heavy atom. The van der Waals surface area contributed by atoms with Crippen molar-refractivity contribution in [2.45, 2.75) is 12.5 Å². The van der Waals surface area contributed by atoms with Gasteiger partial charge in [0.25, 0.3) is 0 Å². The van der Waals surface area contributed by atoms with Crippen LogP contribution in [0.15, 0.2) is 30.3 Å². The van der Waals surface area contributed by atoms with Crippen molar-refractivity contribution in [1.29, 1.82) is 0 Å². The van der Waals surface area contributed by atoms with Crippen LogP contribution in [0, 0.1) is 0 Å². The number of hydrogen-bond donors (Lipinski definition) is 2. The van der Waals surface area contributed by atoms with Gasteiger partial charge in [0.15, 0.2) is 0 Å². The fourth-order valence-corrected chi connectivity index (χ4v) is 1.27. The zero-order valence-electron chi connectivity index (χ0n) is 8.33. The normalized spacial score (nSPS) is 13.2. The first-order chi connectivity index (χ1) is 6.20. The summed E-state index contributed by atoms with van der Waals surface area (Å²) in [5, 5.41) is 9.76. The summed E-state index contributed by atoms with van der Waals surface area (Å²) < 4.78 is 0. The number of aliphatic hydroxyl groups is 1. The Hall–Kier alpha value is -0.860. The van der Waals surface area contributed by atoms with Gasteiger partial charge in [-0.2, -0.15) is 0 Å². The van der Waals surface area contributed by atoms with Crippen molar-refractivity contribution < 1.29 is 10.0 Å². The Balaban J connectivity index is 2.44. The maximum atomic E-state index is 9.76. The number of nitrogens with one attached hydrogen (secondary N) is 1. The molecule has 0 amide bonds. The number of rotatable bonds is 4. The minimum Gasteiger partial charge on any atom is -0.388 e. The van der Waals surface area contributed by atoms with Crippen molar-refractivity contribution in [3.63, 3.8) is 0 Å². The van der Waals surface area contributed by atoms with Crippen molar-refractivity contribution in [3.8, 4) is 0 Å². The van der Waals surface area contributed by atoms with E-state index < -0.39 is 0 Å². The van der Waals surface area contributed by atoms with Crippen molar-refractivity contribution in [1.82, 2.24) is 0 Å². The molecule has 0 unspecified atom stereocenters.